The maximum atomic E-state index is 12.3. The molecule has 0 atom stereocenters. The lowest BCUT2D eigenvalue weighted by molar-refractivity contribution is -0.137. The van der Waals surface area contributed by atoms with Crippen molar-refractivity contribution in [1.82, 2.24) is 10.6 Å². The first-order chi connectivity index (χ1) is 8.47. The second kappa shape index (κ2) is 6.25. The van der Waals surface area contributed by atoms with Gasteiger partial charge in [0.2, 0.25) is 5.91 Å². The molecule has 1 heterocycles. The first kappa shape index (κ1) is 15.8. The van der Waals surface area contributed by atoms with E-state index in [1.807, 2.05) is 0 Å². The highest BCUT2D eigenvalue weighted by Gasteiger charge is 2.30. The van der Waals surface area contributed by atoms with Crippen LogP contribution in [0.15, 0.2) is 24.3 Å². The van der Waals surface area contributed by atoms with Crippen LogP contribution in [0.5, 0.6) is 0 Å². The van der Waals surface area contributed by atoms with E-state index >= 15 is 0 Å². The monoisotopic (exact) mass is 294 g/mol. The van der Waals surface area contributed by atoms with Crippen LogP contribution in [0.1, 0.15) is 11.1 Å². The van der Waals surface area contributed by atoms with E-state index in [2.05, 4.69) is 10.6 Å². The summed E-state index contributed by atoms with van der Waals surface area (Å²) in [6.07, 6.45) is -4.32. The maximum absolute atomic E-state index is 12.3. The molecular weight excluding hydrogens is 281 g/mol. The number of hydrogen-bond acceptors (Lipinski definition) is 2. The summed E-state index contributed by atoms with van der Waals surface area (Å²) in [5.41, 5.74) is -0.0237. The number of rotatable bonds is 3. The molecule has 1 aliphatic rings. The smallest absolute Gasteiger partial charge is 0.352 e. The van der Waals surface area contributed by atoms with E-state index in [4.69, 9.17) is 0 Å². The van der Waals surface area contributed by atoms with Crippen molar-refractivity contribution >= 4 is 18.3 Å². The van der Waals surface area contributed by atoms with Gasteiger partial charge in [0, 0.05) is 19.6 Å². The van der Waals surface area contributed by atoms with Crippen LogP contribution in [0.3, 0.4) is 0 Å². The zero-order valence-electron chi connectivity index (χ0n) is 9.96. The fraction of sp³-hybridized carbons (Fsp3) is 0.417. The van der Waals surface area contributed by atoms with Crippen molar-refractivity contribution in [3.05, 3.63) is 35.4 Å². The lowest BCUT2D eigenvalue weighted by Gasteiger charge is -2.25. The van der Waals surface area contributed by atoms with Crippen LogP contribution in [0.2, 0.25) is 0 Å². The van der Waals surface area contributed by atoms with Gasteiger partial charge < -0.3 is 10.6 Å². The fourth-order valence-electron chi connectivity index (χ4n) is 1.62. The van der Waals surface area contributed by atoms with Gasteiger partial charge in [-0.15, -0.1) is 12.4 Å². The van der Waals surface area contributed by atoms with Crippen LogP contribution < -0.4 is 10.6 Å². The third kappa shape index (κ3) is 4.11. The number of hydrogen-bond donors (Lipinski definition) is 2. The van der Waals surface area contributed by atoms with Gasteiger partial charge in [-0.25, -0.2) is 0 Å². The molecule has 0 saturated carbocycles. The number of amides is 1. The van der Waals surface area contributed by atoms with E-state index in [1.165, 1.54) is 12.1 Å². The molecule has 0 radical (unpaired) electrons. The van der Waals surface area contributed by atoms with E-state index in [-0.39, 0.29) is 30.8 Å². The van der Waals surface area contributed by atoms with Crippen molar-refractivity contribution < 1.29 is 18.0 Å². The number of carbonyl (C=O) groups is 1. The molecule has 106 valence electrons. The lowest BCUT2D eigenvalue weighted by atomic mass is 10.0. The third-order valence-corrected chi connectivity index (χ3v) is 2.90. The van der Waals surface area contributed by atoms with Gasteiger partial charge in [-0.05, 0) is 17.7 Å². The van der Waals surface area contributed by atoms with Crippen LogP contribution in [-0.2, 0) is 17.5 Å². The molecular formula is C12H14ClF3N2O. The summed E-state index contributed by atoms with van der Waals surface area (Å²) in [5.74, 6) is -0.0758. The van der Waals surface area contributed by atoms with Crippen molar-refractivity contribution in [1.29, 1.82) is 0 Å². The SMILES string of the molecule is Cl.O=C(NCc1ccc(C(F)(F)F)cc1)C1CNC1. The van der Waals surface area contributed by atoms with Crippen LogP contribution in [0.25, 0.3) is 0 Å². The molecule has 19 heavy (non-hydrogen) atoms. The number of halogens is 4. The summed E-state index contributed by atoms with van der Waals surface area (Å²) in [6.45, 7) is 1.59. The van der Waals surface area contributed by atoms with E-state index in [1.54, 1.807) is 0 Å². The molecule has 1 aliphatic heterocycles. The molecule has 0 spiro atoms. The van der Waals surface area contributed by atoms with E-state index in [0.717, 1.165) is 12.1 Å². The summed E-state index contributed by atoms with van der Waals surface area (Å²) in [5, 5.41) is 5.68. The standard InChI is InChI=1S/C12H13F3N2O.ClH/c13-12(14,15)10-3-1-8(2-4-10)5-17-11(18)9-6-16-7-9;/h1-4,9,16H,5-7H2,(H,17,18);1H. The molecule has 1 saturated heterocycles. The van der Waals surface area contributed by atoms with Gasteiger partial charge in [-0.2, -0.15) is 13.2 Å². The van der Waals surface area contributed by atoms with Crippen LogP contribution in [0, 0.1) is 5.92 Å². The van der Waals surface area contributed by atoms with Crippen molar-refractivity contribution in [3.8, 4) is 0 Å². The number of benzene rings is 1. The van der Waals surface area contributed by atoms with E-state index < -0.39 is 11.7 Å². The highest BCUT2D eigenvalue weighted by atomic mass is 35.5. The molecule has 0 unspecified atom stereocenters. The molecule has 0 bridgehead atoms. The second-order valence-electron chi connectivity index (χ2n) is 4.27. The summed E-state index contributed by atoms with van der Waals surface area (Å²) < 4.78 is 36.9. The van der Waals surface area contributed by atoms with Crippen molar-refractivity contribution in [2.45, 2.75) is 12.7 Å². The van der Waals surface area contributed by atoms with E-state index in [9.17, 15) is 18.0 Å². The Bertz CT molecular complexity index is 430. The largest absolute Gasteiger partial charge is 0.416 e. The van der Waals surface area contributed by atoms with Crippen LogP contribution in [0.4, 0.5) is 13.2 Å². The molecule has 7 heteroatoms. The molecule has 3 nitrogen and oxygen atoms in total. The first-order valence-corrected chi connectivity index (χ1v) is 5.61. The van der Waals surface area contributed by atoms with Crippen molar-refractivity contribution in [3.63, 3.8) is 0 Å². The molecule has 1 amide bonds. The van der Waals surface area contributed by atoms with Gasteiger partial charge in [0.15, 0.2) is 0 Å². The quantitative estimate of drug-likeness (QED) is 0.895. The van der Waals surface area contributed by atoms with Gasteiger partial charge in [0.1, 0.15) is 0 Å². The summed E-state index contributed by atoms with van der Waals surface area (Å²) in [7, 11) is 0. The summed E-state index contributed by atoms with van der Waals surface area (Å²) in [4.78, 5) is 11.5. The Kier molecular flexibility index (Phi) is 5.20. The minimum absolute atomic E-state index is 0. The Hall–Kier alpha value is -1.27. The Labute approximate surface area is 115 Å². The Balaban J connectivity index is 0.00000180. The Morgan fingerprint density at radius 1 is 1.26 bits per heavy atom. The van der Waals surface area contributed by atoms with Crippen LogP contribution >= 0.6 is 12.4 Å². The highest BCUT2D eigenvalue weighted by Crippen LogP contribution is 2.29. The molecule has 1 aromatic carbocycles. The topological polar surface area (TPSA) is 41.1 Å². The molecule has 2 N–H and O–H groups in total. The van der Waals surface area contributed by atoms with Gasteiger partial charge in [0.05, 0.1) is 11.5 Å². The summed E-state index contributed by atoms with van der Waals surface area (Å²) >= 11 is 0. The Morgan fingerprint density at radius 2 is 1.84 bits per heavy atom. The zero-order chi connectivity index (χ0) is 13.2. The maximum Gasteiger partial charge on any atom is 0.416 e. The highest BCUT2D eigenvalue weighted by molar-refractivity contribution is 5.85. The minimum atomic E-state index is -4.32. The first-order valence-electron chi connectivity index (χ1n) is 5.61. The van der Waals surface area contributed by atoms with Gasteiger partial charge in [-0.3, -0.25) is 4.79 Å². The molecule has 1 fully saturated rings. The third-order valence-electron chi connectivity index (χ3n) is 2.90. The molecule has 1 aromatic rings. The number of carbonyl (C=O) groups excluding carboxylic acids is 1. The predicted molar refractivity (Wildman–Crippen MR) is 66.9 cm³/mol. The second-order valence-corrected chi connectivity index (χ2v) is 4.27. The fourth-order valence-corrected chi connectivity index (χ4v) is 1.62. The molecule has 0 aliphatic carbocycles. The number of alkyl halides is 3. The normalized spacial score (nSPS) is 15.3. The lowest BCUT2D eigenvalue weighted by Crippen LogP contribution is -2.50. The van der Waals surface area contributed by atoms with Crippen LogP contribution in [-0.4, -0.2) is 19.0 Å². The molecule has 2 rings (SSSR count). The van der Waals surface area contributed by atoms with Gasteiger partial charge in [-0.1, -0.05) is 12.1 Å². The Morgan fingerprint density at radius 3 is 2.26 bits per heavy atom. The predicted octanol–water partition coefficient (Wildman–Crippen LogP) is 1.96. The van der Waals surface area contributed by atoms with Gasteiger partial charge in [0.25, 0.3) is 0 Å². The average Bonchev–Trinajstić information content (AvgIpc) is 2.23. The van der Waals surface area contributed by atoms with E-state index in [0.29, 0.717) is 18.7 Å². The summed E-state index contributed by atoms with van der Waals surface area (Å²) in [6, 6.07) is 4.79. The van der Waals surface area contributed by atoms with Crippen molar-refractivity contribution in [2.24, 2.45) is 5.92 Å². The van der Waals surface area contributed by atoms with Crippen molar-refractivity contribution in [2.75, 3.05) is 13.1 Å². The van der Waals surface area contributed by atoms with Gasteiger partial charge >= 0.3 is 6.18 Å². The molecule has 0 aromatic heterocycles. The minimum Gasteiger partial charge on any atom is -0.352 e. The average molecular weight is 295 g/mol. The number of nitrogens with one attached hydrogen (secondary N) is 2. The zero-order valence-corrected chi connectivity index (χ0v) is 10.8.